The number of ether oxygens (including phenoxy) is 1. The Balaban J connectivity index is 1.45. The molecular formula is C21H22BrClF2N2O2. The van der Waals surface area contributed by atoms with E-state index in [1.807, 2.05) is 0 Å². The number of nitrogens with zero attached hydrogens (tertiary/aromatic N) is 1. The van der Waals surface area contributed by atoms with Crippen molar-refractivity contribution in [1.82, 2.24) is 10.2 Å². The average molecular weight is 488 g/mol. The molecule has 1 aliphatic heterocycles. The Labute approximate surface area is 182 Å². The van der Waals surface area contributed by atoms with Crippen LogP contribution in [-0.4, -0.2) is 36.0 Å². The molecule has 0 aromatic heterocycles. The summed E-state index contributed by atoms with van der Waals surface area (Å²) in [7, 11) is 0. The van der Waals surface area contributed by atoms with Gasteiger partial charge in [-0.25, -0.2) is 8.78 Å². The summed E-state index contributed by atoms with van der Waals surface area (Å²) in [6, 6.07) is 9.17. The van der Waals surface area contributed by atoms with Crippen molar-refractivity contribution in [2.45, 2.75) is 38.5 Å². The maximum Gasteiger partial charge on any atom is 0.260 e. The average Bonchev–Trinajstić information content (AvgIpc) is 2.68. The lowest BCUT2D eigenvalue weighted by Gasteiger charge is -2.33. The molecule has 0 unspecified atom stereocenters. The topological polar surface area (TPSA) is 41.6 Å². The monoisotopic (exact) mass is 486 g/mol. The molecule has 1 saturated heterocycles. The Bertz CT molecular complexity index is 876. The number of hydrogen-bond donors (Lipinski definition) is 1. The number of piperidine rings is 1. The predicted octanol–water partition coefficient (Wildman–Crippen LogP) is 4.93. The van der Waals surface area contributed by atoms with Crippen LogP contribution in [-0.2, 0) is 11.3 Å². The Morgan fingerprint density at radius 1 is 1.24 bits per heavy atom. The Morgan fingerprint density at radius 2 is 1.97 bits per heavy atom. The largest absolute Gasteiger partial charge is 0.480 e. The minimum absolute atomic E-state index is 0.0587. The fourth-order valence-corrected chi connectivity index (χ4v) is 4.04. The Hall–Kier alpha value is -1.70. The summed E-state index contributed by atoms with van der Waals surface area (Å²) in [5, 5.41) is 3.61. The highest BCUT2D eigenvalue weighted by atomic mass is 79.9. The van der Waals surface area contributed by atoms with Crippen LogP contribution in [0.5, 0.6) is 5.75 Å². The van der Waals surface area contributed by atoms with Crippen molar-refractivity contribution >= 4 is 33.4 Å². The van der Waals surface area contributed by atoms with Crippen LogP contribution in [0.25, 0.3) is 0 Å². The van der Waals surface area contributed by atoms with Crippen molar-refractivity contribution in [2.75, 3.05) is 13.1 Å². The lowest BCUT2D eigenvalue weighted by Crippen LogP contribution is -2.47. The molecule has 2 aromatic rings. The molecule has 29 heavy (non-hydrogen) atoms. The molecule has 3 rings (SSSR count). The van der Waals surface area contributed by atoms with E-state index in [4.69, 9.17) is 16.3 Å². The third kappa shape index (κ3) is 6.14. The molecule has 0 aliphatic carbocycles. The number of hydrogen-bond acceptors (Lipinski definition) is 3. The standard InChI is InChI=1S/C21H22BrClF2N2O2/c1-13(29-20-5-3-15(23)11-17(20)22)21(28)26-16-6-8-27(9-7-16)12-14-2-4-18(24)19(25)10-14/h2-5,10-11,13,16H,6-9,12H2,1H3,(H,26,28)/t13-/m0/s1. The molecular weight excluding hydrogens is 466 g/mol. The summed E-state index contributed by atoms with van der Waals surface area (Å²) < 4.78 is 32.8. The van der Waals surface area contributed by atoms with Gasteiger partial charge in [-0.15, -0.1) is 0 Å². The Morgan fingerprint density at radius 3 is 2.62 bits per heavy atom. The van der Waals surface area contributed by atoms with Gasteiger partial charge in [-0.3, -0.25) is 9.69 Å². The molecule has 1 fully saturated rings. The molecule has 4 nitrogen and oxygen atoms in total. The fourth-order valence-electron chi connectivity index (χ4n) is 3.26. The van der Waals surface area contributed by atoms with Gasteiger partial charge < -0.3 is 10.1 Å². The van der Waals surface area contributed by atoms with E-state index < -0.39 is 17.7 Å². The molecule has 0 saturated carbocycles. The van der Waals surface area contributed by atoms with Gasteiger partial charge in [0.25, 0.3) is 5.91 Å². The molecule has 156 valence electrons. The number of carbonyl (C=O) groups excluding carboxylic acids is 1. The summed E-state index contributed by atoms with van der Waals surface area (Å²) >= 11 is 9.29. The van der Waals surface area contributed by atoms with E-state index in [0.29, 0.717) is 21.8 Å². The van der Waals surface area contributed by atoms with Crippen LogP contribution in [0.2, 0.25) is 5.02 Å². The number of nitrogens with one attached hydrogen (secondary N) is 1. The number of carbonyl (C=O) groups is 1. The maximum atomic E-state index is 13.4. The quantitative estimate of drug-likeness (QED) is 0.628. The molecule has 0 bridgehead atoms. The lowest BCUT2D eigenvalue weighted by molar-refractivity contribution is -0.128. The van der Waals surface area contributed by atoms with Gasteiger partial charge in [-0.05, 0) is 71.6 Å². The predicted molar refractivity (Wildman–Crippen MR) is 112 cm³/mol. The summed E-state index contributed by atoms with van der Waals surface area (Å²) in [6.45, 7) is 3.79. The van der Waals surface area contributed by atoms with Crippen molar-refractivity contribution in [2.24, 2.45) is 0 Å². The van der Waals surface area contributed by atoms with Crippen molar-refractivity contribution in [3.63, 3.8) is 0 Å². The van der Waals surface area contributed by atoms with Gasteiger partial charge in [0.1, 0.15) is 5.75 Å². The van der Waals surface area contributed by atoms with Gasteiger partial charge in [0.05, 0.1) is 4.47 Å². The van der Waals surface area contributed by atoms with Crippen LogP contribution in [0, 0.1) is 11.6 Å². The Kier molecular flexibility index (Phi) is 7.49. The third-order valence-electron chi connectivity index (χ3n) is 4.89. The SMILES string of the molecule is C[C@H](Oc1ccc(Cl)cc1Br)C(=O)NC1CCN(Cc2ccc(F)c(F)c2)CC1. The number of amides is 1. The van der Waals surface area contributed by atoms with Crippen LogP contribution < -0.4 is 10.1 Å². The highest BCUT2D eigenvalue weighted by Crippen LogP contribution is 2.28. The highest BCUT2D eigenvalue weighted by Gasteiger charge is 2.24. The summed E-state index contributed by atoms with van der Waals surface area (Å²) in [5.74, 6) is -1.28. The first-order valence-electron chi connectivity index (χ1n) is 9.40. The van der Waals surface area contributed by atoms with E-state index in [-0.39, 0.29) is 11.9 Å². The number of halogens is 4. The molecule has 8 heteroatoms. The van der Waals surface area contributed by atoms with E-state index >= 15 is 0 Å². The second-order valence-corrected chi connectivity index (χ2v) is 8.43. The second kappa shape index (κ2) is 9.87. The summed E-state index contributed by atoms with van der Waals surface area (Å²) in [5.41, 5.74) is 0.738. The molecule has 1 N–H and O–H groups in total. The zero-order valence-electron chi connectivity index (χ0n) is 15.9. The van der Waals surface area contributed by atoms with E-state index in [2.05, 4.69) is 26.1 Å². The first kappa shape index (κ1) is 22.0. The van der Waals surface area contributed by atoms with Crippen LogP contribution in [0.3, 0.4) is 0 Å². The smallest absolute Gasteiger partial charge is 0.260 e. The van der Waals surface area contributed by atoms with Gasteiger partial charge in [0.2, 0.25) is 0 Å². The van der Waals surface area contributed by atoms with Crippen molar-refractivity contribution in [3.05, 3.63) is 63.1 Å². The van der Waals surface area contributed by atoms with E-state index in [0.717, 1.165) is 37.6 Å². The highest BCUT2D eigenvalue weighted by molar-refractivity contribution is 9.10. The normalized spacial score (nSPS) is 16.4. The first-order valence-corrected chi connectivity index (χ1v) is 10.6. The van der Waals surface area contributed by atoms with Gasteiger partial charge in [0, 0.05) is 30.7 Å². The summed E-state index contributed by atoms with van der Waals surface area (Å²) in [4.78, 5) is 14.6. The summed E-state index contributed by atoms with van der Waals surface area (Å²) in [6.07, 6.45) is 0.923. The molecule has 0 radical (unpaired) electrons. The van der Waals surface area contributed by atoms with Crippen LogP contribution in [0.1, 0.15) is 25.3 Å². The molecule has 1 aliphatic rings. The van der Waals surface area contributed by atoms with E-state index in [9.17, 15) is 13.6 Å². The van der Waals surface area contributed by atoms with Crippen LogP contribution in [0.4, 0.5) is 8.78 Å². The molecule has 1 amide bonds. The maximum absolute atomic E-state index is 13.4. The first-order chi connectivity index (χ1) is 13.8. The third-order valence-corrected chi connectivity index (χ3v) is 5.75. The van der Waals surface area contributed by atoms with Gasteiger partial charge in [-0.1, -0.05) is 17.7 Å². The molecule has 1 heterocycles. The van der Waals surface area contributed by atoms with Crippen LogP contribution in [0.15, 0.2) is 40.9 Å². The van der Waals surface area contributed by atoms with Crippen LogP contribution >= 0.6 is 27.5 Å². The number of likely N-dealkylation sites (tertiary alicyclic amines) is 1. The molecule has 0 spiro atoms. The van der Waals surface area contributed by atoms with E-state index in [1.165, 1.54) is 6.07 Å². The molecule has 2 aromatic carbocycles. The van der Waals surface area contributed by atoms with Gasteiger partial charge >= 0.3 is 0 Å². The zero-order valence-corrected chi connectivity index (χ0v) is 18.3. The number of benzene rings is 2. The fraction of sp³-hybridized carbons (Fsp3) is 0.381. The minimum atomic E-state index is -0.836. The second-order valence-electron chi connectivity index (χ2n) is 7.14. The van der Waals surface area contributed by atoms with Crippen molar-refractivity contribution < 1.29 is 18.3 Å². The zero-order chi connectivity index (χ0) is 21.0. The van der Waals surface area contributed by atoms with Crippen molar-refractivity contribution in [3.8, 4) is 5.75 Å². The van der Waals surface area contributed by atoms with Crippen molar-refractivity contribution in [1.29, 1.82) is 0 Å². The van der Waals surface area contributed by atoms with Gasteiger partial charge in [0.15, 0.2) is 17.7 Å². The minimum Gasteiger partial charge on any atom is -0.480 e. The number of rotatable bonds is 6. The van der Waals surface area contributed by atoms with Gasteiger partial charge in [-0.2, -0.15) is 0 Å². The van der Waals surface area contributed by atoms with E-state index in [1.54, 1.807) is 31.2 Å². The lowest BCUT2D eigenvalue weighted by atomic mass is 10.0. The molecule has 1 atom stereocenters.